The summed E-state index contributed by atoms with van der Waals surface area (Å²) >= 11 is 6.00. The van der Waals surface area contributed by atoms with Crippen LogP contribution in [-0.2, 0) is 6.54 Å². The number of hydrogen-bond donors (Lipinski definition) is 1. The minimum atomic E-state index is 0.242. The molecular weight excluding hydrogens is 234 g/mol. The van der Waals surface area contributed by atoms with Crippen LogP contribution in [-0.4, -0.2) is 16.8 Å². The molecular formula is C13H16ClN3. The van der Waals surface area contributed by atoms with Crippen LogP contribution in [0.2, 0.25) is 5.02 Å². The Bertz CT molecular complexity index is 479. The third kappa shape index (κ3) is 2.68. The highest BCUT2D eigenvalue weighted by atomic mass is 35.5. The van der Waals surface area contributed by atoms with Gasteiger partial charge in [0.15, 0.2) is 0 Å². The summed E-state index contributed by atoms with van der Waals surface area (Å²) < 4.78 is 1.93. The lowest BCUT2D eigenvalue weighted by atomic mass is 10.1. The molecule has 0 aliphatic carbocycles. The Balaban J connectivity index is 2.19. The van der Waals surface area contributed by atoms with E-state index in [1.807, 2.05) is 36.9 Å². The molecule has 1 unspecified atom stereocenters. The summed E-state index contributed by atoms with van der Waals surface area (Å²) in [6.07, 6.45) is 1.69. The lowest BCUT2D eigenvalue weighted by Crippen LogP contribution is -2.23. The Hall–Kier alpha value is -1.32. The molecule has 0 radical (unpaired) electrons. The Morgan fingerprint density at radius 1 is 1.35 bits per heavy atom. The molecule has 4 heteroatoms. The van der Waals surface area contributed by atoms with Gasteiger partial charge in [0, 0.05) is 0 Å². The quantitative estimate of drug-likeness (QED) is 0.903. The van der Waals surface area contributed by atoms with Crippen molar-refractivity contribution in [2.75, 3.05) is 7.05 Å². The van der Waals surface area contributed by atoms with Gasteiger partial charge in [0.05, 0.1) is 29.5 Å². The van der Waals surface area contributed by atoms with Gasteiger partial charge in [-0.3, -0.25) is 4.68 Å². The van der Waals surface area contributed by atoms with E-state index in [9.17, 15) is 0 Å². The summed E-state index contributed by atoms with van der Waals surface area (Å²) in [7, 11) is 1.96. The molecule has 0 fully saturated rings. The van der Waals surface area contributed by atoms with E-state index in [0.717, 1.165) is 12.2 Å². The Labute approximate surface area is 106 Å². The van der Waals surface area contributed by atoms with E-state index in [1.54, 1.807) is 6.20 Å². The molecule has 1 heterocycles. The fourth-order valence-corrected chi connectivity index (χ4v) is 1.97. The average molecular weight is 250 g/mol. The van der Waals surface area contributed by atoms with Crippen LogP contribution in [0, 0.1) is 6.92 Å². The van der Waals surface area contributed by atoms with Crippen molar-refractivity contribution >= 4 is 11.6 Å². The van der Waals surface area contributed by atoms with Gasteiger partial charge in [-0.15, -0.1) is 0 Å². The van der Waals surface area contributed by atoms with Gasteiger partial charge in [-0.1, -0.05) is 41.9 Å². The number of hydrogen-bond acceptors (Lipinski definition) is 2. The van der Waals surface area contributed by atoms with E-state index in [1.165, 1.54) is 5.56 Å². The molecule has 90 valence electrons. The molecule has 0 aliphatic rings. The monoisotopic (exact) mass is 249 g/mol. The van der Waals surface area contributed by atoms with Gasteiger partial charge < -0.3 is 5.32 Å². The van der Waals surface area contributed by atoms with Crippen molar-refractivity contribution in [3.8, 4) is 0 Å². The van der Waals surface area contributed by atoms with Gasteiger partial charge in [0.1, 0.15) is 0 Å². The largest absolute Gasteiger partial charge is 0.311 e. The Morgan fingerprint density at radius 2 is 2.06 bits per heavy atom. The molecule has 0 bridgehead atoms. The molecule has 1 aromatic heterocycles. The summed E-state index contributed by atoms with van der Waals surface area (Å²) in [4.78, 5) is 0. The van der Waals surface area contributed by atoms with Gasteiger partial charge in [-0.2, -0.15) is 5.10 Å². The molecule has 2 rings (SSSR count). The number of rotatable bonds is 4. The zero-order chi connectivity index (χ0) is 12.3. The average Bonchev–Trinajstić information content (AvgIpc) is 2.68. The van der Waals surface area contributed by atoms with Crippen molar-refractivity contribution in [3.63, 3.8) is 0 Å². The van der Waals surface area contributed by atoms with Crippen molar-refractivity contribution in [2.24, 2.45) is 0 Å². The fraction of sp³-hybridized carbons (Fsp3) is 0.308. The van der Waals surface area contributed by atoms with Gasteiger partial charge in [-0.25, -0.2) is 0 Å². The maximum Gasteiger partial charge on any atom is 0.0814 e. The summed E-state index contributed by atoms with van der Waals surface area (Å²) in [5.41, 5.74) is 2.25. The molecule has 17 heavy (non-hydrogen) atoms. The third-order valence-corrected chi connectivity index (χ3v) is 3.32. The van der Waals surface area contributed by atoms with E-state index in [2.05, 4.69) is 22.5 Å². The first-order valence-electron chi connectivity index (χ1n) is 5.62. The predicted octanol–water partition coefficient (Wildman–Crippen LogP) is 2.81. The maximum absolute atomic E-state index is 6.00. The second-order valence-corrected chi connectivity index (χ2v) is 4.42. The van der Waals surface area contributed by atoms with Gasteiger partial charge in [-0.05, 0) is 19.5 Å². The SMILES string of the molecule is CNC(Cn1ncc(Cl)c1C)c1ccccc1. The first-order chi connectivity index (χ1) is 8.22. The van der Waals surface area contributed by atoms with E-state index < -0.39 is 0 Å². The van der Waals surface area contributed by atoms with Crippen molar-refractivity contribution < 1.29 is 0 Å². The van der Waals surface area contributed by atoms with Crippen LogP contribution >= 0.6 is 11.6 Å². The van der Waals surface area contributed by atoms with Crippen molar-refractivity contribution in [1.29, 1.82) is 0 Å². The molecule has 1 atom stereocenters. The number of halogens is 1. The minimum Gasteiger partial charge on any atom is -0.311 e. The Kier molecular flexibility index (Phi) is 3.82. The number of benzene rings is 1. The van der Waals surface area contributed by atoms with Crippen molar-refractivity contribution in [2.45, 2.75) is 19.5 Å². The van der Waals surface area contributed by atoms with Crippen LogP contribution in [0.5, 0.6) is 0 Å². The first-order valence-corrected chi connectivity index (χ1v) is 6.00. The second-order valence-electron chi connectivity index (χ2n) is 4.01. The summed E-state index contributed by atoms with van der Waals surface area (Å²) in [6, 6.07) is 10.6. The summed E-state index contributed by atoms with van der Waals surface area (Å²) in [5.74, 6) is 0. The topological polar surface area (TPSA) is 29.9 Å². The molecule has 0 amide bonds. The normalized spacial score (nSPS) is 12.6. The van der Waals surface area contributed by atoms with E-state index in [-0.39, 0.29) is 6.04 Å². The van der Waals surface area contributed by atoms with Crippen molar-refractivity contribution in [3.05, 3.63) is 52.8 Å². The van der Waals surface area contributed by atoms with Crippen LogP contribution in [0.25, 0.3) is 0 Å². The van der Waals surface area contributed by atoms with Crippen LogP contribution in [0.4, 0.5) is 0 Å². The summed E-state index contributed by atoms with van der Waals surface area (Å²) in [6.45, 7) is 2.76. The number of likely N-dealkylation sites (N-methyl/N-ethyl adjacent to an activating group) is 1. The summed E-state index contributed by atoms with van der Waals surface area (Å²) in [5, 5.41) is 8.29. The van der Waals surface area contributed by atoms with Gasteiger partial charge in [0.2, 0.25) is 0 Å². The van der Waals surface area contributed by atoms with Crippen LogP contribution < -0.4 is 5.32 Å². The van der Waals surface area contributed by atoms with Gasteiger partial charge >= 0.3 is 0 Å². The van der Waals surface area contributed by atoms with E-state index >= 15 is 0 Å². The zero-order valence-electron chi connectivity index (χ0n) is 10.0. The maximum atomic E-state index is 6.00. The molecule has 3 nitrogen and oxygen atoms in total. The van der Waals surface area contributed by atoms with Gasteiger partial charge in [0.25, 0.3) is 0 Å². The standard InChI is InChI=1S/C13H16ClN3/c1-10-12(14)8-16-17(10)9-13(15-2)11-6-4-3-5-7-11/h3-8,13,15H,9H2,1-2H3. The predicted molar refractivity (Wildman–Crippen MR) is 70.2 cm³/mol. The molecule has 0 aliphatic heterocycles. The number of nitrogens with one attached hydrogen (secondary N) is 1. The highest BCUT2D eigenvalue weighted by Crippen LogP contribution is 2.18. The first kappa shape index (κ1) is 12.1. The number of nitrogens with zero attached hydrogens (tertiary/aromatic N) is 2. The molecule has 1 aromatic carbocycles. The lowest BCUT2D eigenvalue weighted by Gasteiger charge is -2.17. The minimum absolute atomic E-state index is 0.242. The van der Waals surface area contributed by atoms with E-state index in [0.29, 0.717) is 5.02 Å². The molecule has 1 N–H and O–H groups in total. The zero-order valence-corrected chi connectivity index (χ0v) is 10.8. The molecule has 0 saturated carbocycles. The van der Waals surface area contributed by atoms with Crippen molar-refractivity contribution in [1.82, 2.24) is 15.1 Å². The smallest absolute Gasteiger partial charge is 0.0814 e. The highest BCUT2D eigenvalue weighted by Gasteiger charge is 2.12. The fourth-order valence-electron chi connectivity index (χ4n) is 1.83. The van der Waals surface area contributed by atoms with E-state index in [4.69, 9.17) is 11.6 Å². The molecule has 2 aromatic rings. The highest BCUT2D eigenvalue weighted by molar-refractivity contribution is 6.31. The van der Waals surface area contributed by atoms with Crippen LogP contribution in [0.3, 0.4) is 0 Å². The third-order valence-electron chi connectivity index (χ3n) is 2.95. The Morgan fingerprint density at radius 3 is 2.59 bits per heavy atom. The lowest BCUT2D eigenvalue weighted by molar-refractivity contribution is 0.461. The molecule has 0 spiro atoms. The molecule has 0 saturated heterocycles. The van der Waals surface area contributed by atoms with Crippen LogP contribution in [0.15, 0.2) is 36.5 Å². The number of aromatic nitrogens is 2. The second kappa shape index (κ2) is 5.34. The van der Waals surface area contributed by atoms with Crippen LogP contribution in [0.1, 0.15) is 17.3 Å².